The SMILES string of the molecule is COc1ccc([N+](=O)[O-])cc1NC(=O)C(=O)Nc1ccccc1C(C)C. The number of rotatable bonds is 5. The molecule has 0 aliphatic carbocycles. The topological polar surface area (TPSA) is 111 Å². The molecule has 0 fully saturated rings. The minimum absolute atomic E-state index is 0.0407. The summed E-state index contributed by atoms with van der Waals surface area (Å²) in [6, 6.07) is 10.9. The highest BCUT2D eigenvalue weighted by molar-refractivity contribution is 6.43. The maximum Gasteiger partial charge on any atom is 0.314 e. The number of nitrogens with zero attached hydrogens (tertiary/aromatic N) is 1. The van der Waals surface area contributed by atoms with Crippen LogP contribution in [0.1, 0.15) is 25.3 Å². The number of nitro benzene ring substituents is 1. The number of para-hydroxylation sites is 1. The standard InChI is InChI=1S/C18H19N3O5/c1-11(2)13-6-4-5-7-14(13)19-17(22)18(23)20-15-10-12(21(24)25)8-9-16(15)26-3/h4-11H,1-3H3,(H,19,22)(H,20,23). The van der Waals surface area contributed by atoms with E-state index in [9.17, 15) is 19.7 Å². The number of ether oxygens (including phenoxy) is 1. The quantitative estimate of drug-likeness (QED) is 0.484. The Balaban J connectivity index is 2.19. The van der Waals surface area contributed by atoms with Crippen LogP contribution in [-0.2, 0) is 9.59 Å². The zero-order valence-corrected chi connectivity index (χ0v) is 14.6. The summed E-state index contributed by atoms with van der Waals surface area (Å²) in [5.41, 5.74) is 1.24. The van der Waals surface area contributed by atoms with E-state index in [1.807, 2.05) is 26.0 Å². The van der Waals surface area contributed by atoms with E-state index < -0.39 is 16.7 Å². The molecule has 2 amide bonds. The lowest BCUT2D eigenvalue weighted by atomic mass is 10.0. The lowest BCUT2D eigenvalue weighted by Crippen LogP contribution is -2.29. The van der Waals surface area contributed by atoms with Crippen molar-refractivity contribution in [2.75, 3.05) is 17.7 Å². The number of carbonyl (C=O) groups excluding carboxylic acids is 2. The average molecular weight is 357 g/mol. The van der Waals surface area contributed by atoms with Crippen LogP contribution in [0.5, 0.6) is 5.75 Å². The fourth-order valence-electron chi connectivity index (χ4n) is 2.38. The second-order valence-corrected chi connectivity index (χ2v) is 5.79. The molecule has 0 bridgehead atoms. The van der Waals surface area contributed by atoms with Gasteiger partial charge in [0, 0.05) is 17.8 Å². The minimum Gasteiger partial charge on any atom is -0.495 e. The summed E-state index contributed by atoms with van der Waals surface area (Å²) in [7, 11) is 1.36. The fraction of sp³-hybridized carbons (Fsp3) is 0.222. The van der Waals surface area contributed by atoms with Crippen LogP contribution in [0.2, 0.25) is 0 Å². The number of carbonyl (C=O) groups is 2. The molecule has 2 aromatic carbocycles. The molecule has 0 aliphatic rings. The van der Waals surface area contributed by atoms with Gasteiger partial charge in [-0.15, -0.1) is 0 Å². The maximum absolute atomic E-state index is 12.2. The van der Waals surface area contributed by atoms with Crippen molar-refractivity contribution in [3.05, 3.63) is 58.1 Å². The number of hydrogen-bond donors (Lipinski definition) is 2. The van der Waals surface area contributed by atoms with Gasteiger partial charge in [-0.3, -0.25) is 19.7 Å². The molecule has 8 heteroatoms. The molecule has 0 radical (unpaired) electrons. The van der Waals surface area contributed by atoms with E-state index in [-0.39, 0.29) is 23.0 Å². The summed E-state index contributed by atoms with van der Waals surface area (Å²) < 4.78 is 5.06. The highest BCUT2D eigenvalue weighted by Gasteiger charge is 2.19. The summed E-state index contributed by atoms with van der Waals surface area (Å²) in [6.07, 6.45) is 0. The number of anilines is 2. The van der Waals surface area contributed by atoms with Crippen molar-refractivity contribution in [2.24, 2.45) is 0 Å². The van der Waals surface area contributed by atoms with E-state index in [0.29, 0.717) is 5.69 Å². The van der Waals surface area contributed by atoms with Gasteiger partial charge in [0.05, 0.1) is 17.7 Å². The number of amides is 2. The fourth-order valence-corrected chi connectivity index (χ4v) is 2.38. The molecule has 0 saturated heterocycles. The van der Waals surface area contributed by atoms with Crippen LogP contribution < -0.4 is 15.4 Å². The van der Waals surface area contributed by atoms with Crippen LogP contribution in [0.3, 0.4) is 0 Å². The zero-order valence-electron chi connectivity index (χ0n) is 14.6. The first-order valence-electron chi connectivity index (χ1n) is 7.87. The van der Waals surface area contributed by atoms with Crippen LogP contribution >= 0.6 is 0 Å². The van der Waals surface area contributed by atoms with Gasteiger partial charge in [-0.05, 0) is 23.6 Å². The number of non-ortho nitro benzene ring substituents is 1. The highest BCUT2D eigenvalue weighted by atomic mass is 16.6. The Morgan fingerprint density at radius 3 is 2.23 bits per heavy atom. The first-order valence-corrected chi connectivity index (χ1v) is 7.87. The molecule has 2 rings (SSSR count). The molecule has 0 spiro atoms. The predicted octanol–water partition coefficient (Wildman–Crippen LogP) is 3.30. The summed E-state index contributed by atoms with van der Waals surface area (Å²) in [5, 5.41) is 15.8. The molecular formula is C18H19N3O5. The summed E-state index contributed by atoms with van der Waals surface area (Å²) in [4.78, 5) is 34.7. The normalized spacial score (nSPS) is 10.3. The van der Waals surface area contributed by atoms with Crippen molar-refractivity contribution in [1.82, 2.24) is 0 Å². The van der Waals surface area contributed by atoms with E-state index in [2.05, 4.69) is 10.6 Å². The summed E-state index contributed by atoms with van der Waals surface area (Å²) in [6.45, 7) is 3.94. The predicted molar refractivity (Wildman–Crippen MR) is 97.4 cm³/mol. The van der Waals surface area contributed by atoms with Gasteiger partial charge in [0.25, 0.3) is 5.69 Å². The largest absolute Gasteiger partial charge is 0.495 e. The molecular weight excluding hydrogens is 338 g/mol. The second-order valence-electron chi connectivity index (χ2n) is 5.79. The number of nitrogens with one attached hydrogen (secondary N) is 2. The van der Waals surface area contributed by atoms with E-state index in [0.717, 1.165) is 11.6 Å². The smallest absolute Gasteiger partial charge is 0.314 e. The van der Waals surface area contributed by atoms with Crippen molar-refractivity contribution < 1.29 is 19.2 Å². The summed E-state index contributed by atoms with van der Waals surface area (Å²) >= 11 is 0. The van der Waals surface area contributed by atoms with Gasteiger partial charge in [0.15, 0.2) is 0 Å². The molecule has 0 saturated carbocycles. The molecule has 0 aromatic heterocycles. The van der Waals surface area contributed by atoms with E-state index in [4.69, 9.17) is 4.74 Å². The van der Waals surface area contributed by atoms with Gasteiger partial charge in [-0.2, -0.15) is 0 Å². The van der Waals surface area contributed by atoms with E-state index in [1.165, 1.54) is 19.2 Å². The Hall–Kier alpha value is -3.42. The zero-order chi connectivity index (χ0) is 19.3. The Bertz CT molecular complexity index is 848. The Morgan fingerprint density at radius 1 is 1.04 bits per heavy atom. The van der Waals surface area contributed by atoms with Gasteiger partial charge in [-0.1, -0.05) is 32.0 Å². The Kier molecular flexibility index (Phi) is 5.90. The molecule has 0 heterocycles. The number of hydrogen-bond acceptors (Lipinski definition) is 5. The van der Waals surface area contributed by atoms with Gasteiger partial charge in [-0.25, -0.2) is 0 Å². The monoisotopic (exact) mass is 357 g/mol. The van der Waals surface area contributed by atoms with Crippen molar-refractivity contribution in [3.63, 3.8) is 0 Å². The second kappa shape index (κ2) is 8.11. The van der Waals surface area contributed by atoms with E-state index in [1.54, 1.807) is 12.1 Å². The molecule has 26 heavy (non-hydrogen) atoms. The van der Waals surface area contributed by atoms with Crippen LogP contribution in [0.4, 0.5) is 17.1 Å². The lowest BCUT2D eigenvalue weighted by molar-refractivity contribution is -0.384. The number of nitro groups is 1. The van der Waals surface area contributed by atoms with E-state index >= 15 is 0 Å². The van der Waals surface area contributed by atoms with Gasteiger partial charge >= 0.3 is 11.8 Å². The van der Waals surface area contributed by atoms with Crippen molar-refractivity contribution in [3.8, 4) is 5.75 Å². The molecule has 2 N–H and O–H groups in total. The van der Waals surface area contributed by atoms with Crippen LogP contribution in [0, 0.1) is 10.1 Å². The van der Waals surface area contributed by atoms with Gasteiger partial charge in [0.2, 0.25) is 0 Å². The number of methoxy groups -OCH3 is 1. The Morgan fingerprint density at radius 2 is 1.65 bits per heavy atom. The molecule has 0 atom stereocenters. The first kappa shape index (κ1) is 18.9. The maximum atomic E-state index is 12.2. The molecule has 0 unspecified atom stereocenters. The average Bonchev–Trinajstić information content (AvgIpc) is 2.61. The first-order chi connectivity index (χ1) is 12.3. The van der Waals surface area contributed by atoms with Gasteiger partial charge < -0.3 is 15.4 Å². The third kappa shape index (κ3) is 4.35. The highest BCUT2D eigenvalue weighted by Crippen LogP contribution is 2.29. The summed E-state index contributed by atoms with van der Waals surface area (Å²) in [5.74, 6) is -1.47. The van der Waals surface area contributed by atoms with Crippen molar-refractivity contribution in [1.29, 1.82) is 0 Å². The van der Waals surface area contributed by atoms with Crippen LogP contribution in [0.15, 0.2) is 42.5 Å². The Labute approximate surface area is 150 Å². The molecule has 8 nitrogen and oxygen atoms in total. The minimum atomic E-state index is -0.956. The van der Waals surface area contributed by atoms with Crippen LogP contribution in [-0.4, -0.2) is 23.8 Å². The molecule has 2 aromatic rings. The number of benzene rings is 2. The van der Waals surface area contributed by atoms with Crippen molar-refractivity contribution >= 4 is 28.9 Å². The third-order valence-electron chi connectivity index (χ3n) is 3.68. The molecule has 0 aliphatic heterocycles. The van der Waals surface area contributed by atoms with Crippen molar-refractivity contribution in [2.45, 2.75) is 19.8 Å². The lowest BCUT2D eigenvalue weighted by Gasteiger charge is -2.14. The van der Waals surface area contributed by atoms with Gasteiger partial charge in [0.1, 0.15) is 5.75 Å². The molecule has 136 valence electrons. The third-order valence-corrected chi connectivity index (χ3v) is 3.68. The van der Waals surface area contributed by atoms with Crippen LogP contribution in [0.25, 0.3) is 0 Å².